The van der Waals surface area contributed by atoms with Crippen LogP contribution in [0.2, 0.25) is 0 Å². The van der Waals surface area contributed by atoms with Gasteiger partial charge in [-0.1, -0.05) is 12.1 Å². The lowest BCUT2D eigenvalue weighted by Crippen LogP contribution is -2.49. The van der Waals surface area contributed by atoms with E-state index in [0.717, 1.165) is 36.1 Å². The third-order valence-corrected chi connectivity index (χ3v) is 7.30. The van der Waals surface area contributed by atoms with Crippen molar-refractivity contribution in [2.24, 2.45) is 0 Å². The molecule has 0 bridgehead atoms. The Balaban J connectivity index is 1.48. The number of piperazine rings is 1. The molecule has 4 rings (SSSR count). The average molecular weight is 402 g/mol. The van der Waals surface area contributed by atoms with Crippen molar-refractivity contribution < 1.29 is 8.42 Å². The fourth-order valence-corrected chi connectivity index (χ4v) is 5.37. The third-order valence-electron chi connectivity index (χ3n) is 5.41. The van der Waals surface area contributed by atoms with Gasteiger partial charge in [0, 0.05) is 51.0 Å². The van der Waals surface area contributed by atoms with E-state index in [4.69, 9.17) is 4.98 Å². The van der Waals surface area contributed by atoms with Crippen LogP contribution in [0.5, 0.6) is 0 Å². The molecule has 0 unspecified atom stereocenters. The van der Waals surface area contributed by atoms with Crippen LogP contribution in [-0.4, -0.2) is 62.0 Å². The molecule has 7 nitrogen and oxygen atoms in total. The van der Waals surface area contributed by atoms with Crippen molar-refractivity contribution >= 4 is 21.8 Å². The van der Waals surface area contributed by atoms with E-state index in [9.17, 15) is 8.42 Å². The highest BCUT2D eigenvalue weighted by molar-refractivity contribution is 7.89. The van der Waals surface area contributed by atoms with Crippen molar-refractivity contribution in [1.29, 1.82) is 0 Å². The van der Waals surface area contributed by atoms with E-state index in [1.807, 2.05) is 26.0 Å². The topological polar surface area (TPSA) is 69.6 Å². The summed E-state index contributed by atoms with van der Waals surface area (Å²) < 4.78 is 27.5. The fraction of sp³-hybridized carbons (Fsp3) is 0.500. The summed E-state index contributed by atoms with van der Waals surface area (Å²) in [5.74, 6) is 1.68. The minimum atomic E-state index is -3.45. The van der Waals surface area contributed by atoms with E-state index in [0.29, 0.717) is 31.1 Å². The molecule has 28 heavy (non-hydrogen) atoms. The number of hydrogen-bond donors (Lipinski definition) is 0. The van der Waals surface area contributed by atoms with Crippen molar-refractivity contribution in [3.05, 3.63) is 41.6 Å². The summed E-state index contributed by atoms with van der Waals surface area (Å²) in [6.45, 7) is 8.07. The predicted molar refractivity (Wildman–Crippen MR) is 110 cm³/mol. The number of aromatic nitrogens is 2. The molecule has 0 saturated carbocycles. The molecule has 2 aliphatic heterocycles. The Morgan fingerprint density at radius 1 is 0.857 bits per heavy atom. The summed E-state index contributed by atoms with van der Waals surface area (Å²) in [4.78, 5) is 14.1. The van der Waals surface area contributed by atoms with Gasteiger partial charge in [0.15, 0.2) is 0 Å². The van der Waals surface area contributed by atoms with Crippen LogP contribution < -0.4 is 9.80 Å². The fourth-order valence-electron chi connectivity index (χ4n) is 3.84. The molecule has 2 aliphatic rings. The minimum absolute atomic E-state index is 0.371. The molecular weight excluding hydrogens is 374 g/mol. The number of rotatable bonds is 4. The van der Waals surface area contributed by atoms with Gasteiger partial charge >= 0.3 is 0 Å². The van der Waals surface area contributed by atoms with Crippen molar-refractivity contribution in [3.63, 3.8) is 0 Å². The lowest BCUT2D eigenvalue weighted by atomic mass is 10.2. The first-order chi connectivity index (χ1) is 13.4. The van der Waals surface area contributed by atoms with E-state index in [1.165, 1.54) is 12.8 Å². The number of anilines is 2. The molecule has 0 amide bonds. The molecule has 0 spiro atoms. The highest BCUT2D eigenvalue weighted by Gasteiger charge is 2.29. The Morgan fingerprint density at radius 3 is 2.25 bits per heavy atom. The van der Waals surface area contributed by atoms with E-state index < -0.39 is 10.0 Å². The monoisotopic (exact) mass is 401 g/mol. The van der Waals surface area contributed by atoms with Crippen LogP contribution in [-0.2, 0) is 10.0 Å². The van der Waals surface area contributed by atoms with Crippen LogP contribution in [0.25, 0.3) is 0 Å². The molecule has 150 valence electrons. The standard InChI is InChI=1S/C20H27N5O2S/c1-16-6-5-7-18(14-16)28(26,27)25-12-10-23(11-13-25)19-15-17(2)21-20(22-19)24-8-3-4-9-24/h5-7,14-15H,3-4,8-13H2,1-2H3. The first-order valence-electron chi connectivity index (χ1n) is 9.86. The van der Waals surface area contributed by atoms with Crippen molar-refractivity contribution in [2.75, 3.05) is 49.1 Å². The lowest BCUT2D eigenvalue weighted by Gasteiger charge is -2.35. The third kappa shape index (κ3) is 3.84. The van der Waals surface area contributed by atoms with Crippen LogP contribution in [0.1, 0.15) is 24.1 Å². The number of hydrogen-bond acceptors (Lipinski definition) is 6. The summed E-state index contributed by atoms with van der Waals surface area (Å²) in [5.41, 5.74) is 1.90. The van der Waals surface area contributed by atoms with E-state index in [-0.39, 0.29) is 0 Å². The summed E-state index contributed by atoms with van der Waals surface area (Å²) in [6, 6.07) is 9.10. The number of sulfonamides is 1. The van der Waals surface area contributed by atoms with Gasteiger partial charge in [0.1, 0.15) is 5.82 Å². The van der Waals surface area contributed by atoms with Crippen LogP contribution >= 0.6 is 0 Å². The maximum atomic E-state index is 12.9. The molecular formula is C20H27N5O2S. The molecule has 1 aromatic heterocycles. The molecule has 0 aliphatic carbocycles. The highest BCUT2D eigenvalue weighted by Crippen LogP contribution is 2.24. The van der Waals surface area contributed by atoms with Gasteiger partial charge in [0.2, 0.25) is 16.0 Å². The SMILES string of the molecule is Cc1cccc(S(=O)(=O)N2CCN(c3cc(C)nc(N4CCCC4)n3)CC2)c1. The molecule has 0 radical (unpaired) electrons. The highest BCUT2D eigenvalue weighted by atomic mass is 32.2. The molecule has 8 heteroatoms. The van der Waals surface area contributed by atoms with Gasteiger partial charge in [0.25, 0.3) is 0 Å². The molecule has 2 fully saturated rings. The zero-order valence-electron chi connectivity index (χ0n) is 16.5. The Morgan fingerprint density at radius 2 is 1.57 bits per heavy atom. The van der Waals surface area contributed by atoms with Crippen LogP contribution in [0.15, 0.2) is 35.2 Å². The summed E-state index contributed by atoms with van der Waals surface area (Å²) in [5, 5.41) is 0. The maximum Gasteiger partial charge on any atom is 0.243 e. The Hall–Kier alpha value is -2.19. The van der Waals surface area contributed by atoms with Gasteiger partial charge < -0.3 is 9.80 Å². The predicted octanol–water partition coefficient (Wildman–Crippen LogP) is 2.20. The maximum absolute atomic E-state index is 12.9. The normalized spacial score (nSPS) is 18.6. The zero-order valence-corrected chi connectivity index (χ0v) is 17.3. The van der Waals surface area contributed by atoms with Gasteiger partial charge in [0.05, 0.1) is 4.90 Å². The second-order valence-electron chi connectivity index (χ2n) is 7.57. The number of benzene rings is 1. The second-order valence-corrected chi connectivity index (χ2v) is 9.51. The minimum Gasteiger partial charge on any atom is -0.354 e. The Kier molecular flexibility index (Phi) is 5.25. The summed E-state index contributed by atoms with van der Waals surface area (Å²) >= 11 is 0. The molecule has 0 N–H and O–H groups in total. The average Bonchev–Trinajstić information content (AvgIpc) is 3.22. The van der Waals surface area contributed by atoms with Crippen molar-refractivity contribution in [2.45, 2.75) is 31.6 Å². The van der Waals surface area contributed by atoms with Gasteiger partial charge in [-0.2, -0.15) is 9.29 Å². The Labute approximate surface area is 167 Å². The first kappa shape index (κ1) is 19.1. The van der Waals surface area contributed by atoms with Crippen molar-refractivity contribution in [1.82, 2.24) is 14.3 Å². The van der Waals surface area contributed by atoms with E-state index in [2.05, 4.69) is 14.8 Å². The first-order valence-corrected chi connectivity index (χ1v) is 11.3. The largest absolute Gasteiger partial charge is 0.354 e. The lowest BCUT2D eigenvalue weighted by molar-refractivity contribution is 0.383. The smallest absolute Gasteiger partial charge is 0.243 e. The van der Waals surface area contributed by atoms with E-state index in [1.54, 1.807) is 22.5 Å². The zero-order chi connectivity index (χ0) is 19.7. The molecule has 2 aromatic rings. The summed E-state index contributed by atoms with van der Waals surface area (Å²) in [6.07, 6.45) is 2.37. The van der Waals surface area contributed by atoms with Gasteiger partial charge in [-0.3, -0.25) is 0 Å². The Bertz CT molecular complexity index is 949. The summed E-state index contributed by atoms with van der Waals surface area (Å²) in [7, 11) is -3.45. The molecule has 2 saturated heterocycles. The van der Waals surface area contributed by atoms with Crippen LogP contribution in [0.3, 0.4) is 0 Å². The van der Waals surface area contributed by atoms with Gasteiger partial charge in [-0.15, -0.1) is 0 Å². The van der Waals surface area contributed by atoms with Crippen molar-refractivity contribution in [3.8, 4) is 0 Å². The van der Waals surface area contributed by atoms with Gasteiger partial charge in [-0.25, -0.2) is 13.4 Å². The molecule has 1 aromatic carbocycles. The van der Waals surface area contributed by atoms with Crippen LogP contribution in [0, 0.1) is 13.8 Å². The van der Waals surface area contributed by atoms with Gasteiger partial charge in [-0.05, 0) is 44.4 Å². The van der Waals surface area contributed by atoms with Crippen LogP contribution in [0.4, 0.5) is 11.8 Å². The number of aryl methyl sites for hydroxylation is 2. The second kappa shape index (κ2) is 7.67. The molecule has 0 atom stereocenters. The quantitative estimate of drug-likeness (QED) is 0.782. The van der Waals surface area contributed by atoms with E-state index >= 15 is 0 Å². The number of nitrogens with zero attached hydrogens (tertiary/aromatic N) is 5. The molecule has 3 heterocycles.